The highest BCUT2D eigenvalue weighted by molar-refractivity contribution is 5.63. The second kappa shape index (κ2) is 6.30. The molecule has 1 aromatic carbocycles. The average Bonchev–Trinajstić information content (AvgIpc) is 2.31. The van der Waals surface area contributed by atoms with Gasteiger partial charge in [0.05, 0.1) is 24.8 Å². The van der Waals surface area contributed by atoms with Crippen molar-refractivity contribution in [1.29, 1.82) is 5.26 Å². The average molecular weight is 246 g/mol. The molecular weight excluding hydrogens is 224 g/mol. The first-order valence-corrected chi connectivity index (χ1v) is 6.28. The van der Waals surface area contributed by atoms with Crippen molar-refractivity contribution < 1.29 is 4.74 Å². The minimum atomic E-state index is 0.00964. The van der Waals surface area contributed by atoms with Gasteiger partial charge in [-0.2, -0.15) is 5.26 Å². The number of hydrogen-bond acceptors (Lipinski definition) is 3. The zero-order valence-corrected chi connectivity index (χ0v) is 11.9. The van der Waals surface area contributed by atoms with Crippen molar-refractivity contribution in [2.45, 2.75) is 27.7 Å². The molecule has 1 N–H and O–H groups in total. The van der Waals surface area contributed by atoms with Crippen LogP contribution in [-0.2, 0) is 0 Å². The van der Waals surface area contributed by atoms with Crippen LogP contribution in [-0.4, -0.2) is 13.7 Å². The SMILES string of the molecule is COc1cc(C)cc(C)c1NCC(C#N)C(C)C. The van der Waals surface area contributed by atoms with Crippen LogP contribution in [0.1, 0.15) is 25.0 Å². The van der Waals surface area contributed by atoms with Crippen molar-refractivity contribution in [2.75, 3.05) is 19.0 Å². The summed E-state index contributed by atoms with van der Waals surface area (Å²) in [5, 5.41) is 12.4. The maximum Gasteiger partial charge on any atom is 0.142 e. The van der Waals surface area contributed by atoms with Gasteiger partial charge in [0.25, 0.3) is 0 Å². The molecule has 18 heavy (non-hydrogen) atoms. The topological polar surface area (TPSA) is 45.0 Å². The standard InChI is InChI=1S/C15H22N2O/c1-10(2)13(8-16)9-17-15-12(4)6-11(3)7-14(15)18-5/h6-7,10,13,17H,9H2,1-5H3. The summed E-state index contributed by atoms with van der Waals surface area (Å²) in [6.07, 6.45) is 0. The summed E-state index contributed by atoms with van der Waals surface area (Å²) < 4.78 is 5.39. The molecule has 0 fully saturated rings. The predicted octanol–water partition coefficient (Wildman–Crippen LogP) is 3.52. The minimum Gasteiger partial charge on any atom is -0.495 e. The fourth-order valence-electron chi connectivity index (χ4n) is 1.96. The van der Waals surface area contributed by atoms with E-state index in [-0.39, 0.29) is 5.92 Å². The molecule has 0 aliphatic carbocycles. The highest BCUT2D eigenvalue weighted by Gasteiger charge is 2.14. The maximum atomic E-state index is 9.09. The molecule has 1 aromatic rings. The van der Waals surface area contributed by atoms with E-state index in [1.54, 1.807) is 7.11 Å². The Balaban J connectivity index is 2.88. The summed E-state index contributed by atoms with van der Waals surface area (Å²) in [6.45, 7) is 8.87. The first kappa shape index (κ1) is 14.4. The van der Waals surface area contributed by atoms with Gasteiger partial charge in [-0.25, -0.2) is 0 Å². The molecule has 0 aliphatic heterocycles. The van der Waals surface area contributed by atoms with Gasteiger partial charge in [-0.15, -0.1) is 0 Å². The normalized spacial score (nSPS) is 12.1. The van der Waals surface area contributed by atoms with Gasteiger partial charge in [0, 0.05) is 6.54 Å². The second-order valence-electron chi connectivity index (χ2n) is 5.02. The Morgan fingerprint density at radius 2 is 2.00 bits per heavy atom. The van der Waals surface area contributed by atoms with Crippen molar-refractivity contribution in [3.63, 3.8) is 0 Å². The number of hydrogen-bond donors (Lipinski definition) is 1. The van der Waals surface area contributed by atoms with E-state index in [1.807, 2.05) is 13.0 Å². The molecule has 0 amide bonds. The molecule has 0 aliphatic rings. The van der Waals surface area contributed by atoms with E-state index in [2.05, 4.69) is 38.2 Å². The molecule has 0 heterocycles. The molecule has 0 radical (unpaired) electrons. The summed E-state index contributed by atoms with van der Waals surface area (Å²) in [5.74, 6) is 1.20. The Labute approximate surface area is 110 Å². The molecule has 0 saturated carbocycles. The maximum absolute atomic E-state index is 9.09. The third kappa shape index (κ3) is 3.40. The van der Waals surface area contributed by atoms with Gasteiger partial charge in [0.2, 0.25) is 0 Å². The van der Waals surface area contributed by atoms with E-state index in [1.165, 1.54) is 5.56 Å². The molecule has 98 valence electrons. The molecule has 0 bridgehead atoms. The lowest BCUT2D eigenvalue weighted by atomic mass is 9.97. The summed E-state index contributed by atoms with van der Waals surface area (Å²) >= 11 is 0. The quantitative estimate of drug-likeness (QED) is 0.864. The summed E-state index contributed by atoms with van der Waals surface area (Å²) in [5.41, 5.74) is 3.31. The predicted molar refractivity (Wildman–Crippen MR) is 74.9 cm³/mol. The van der Waals surface area contributed by atoms with E-state index in [0.29, 0.717) is 12.5 Å². The Kier molecular flexibility index (Phi) is 5.03. The lowest BCUT2D eigenvalue weighted by Crippen LogP contribution is -2.18. The molecule has 1 atom stereocenters. The molecule has 3 nitrogen and oxygen atoms in total. The number of nitriles is 1. The lowest BCUT2D eigenvalue weighted by molar-refractivity contribution is 0.415. The summed E-state index contributed by atoms with van der Waals surface area (Å²) in [4.78, 5) is 0. The smallest absolute Gasteiger partial charge is 0.142 e. The van der Waals surface area contributed by atoms with Gasteiger partial charge in [-0.3, -0.25) is 0 Å². The third-order valence-corrected chi connectivity index (χ3v) is 3.13. The van der Waals surface area contributed by atoms with Crippen molar-refractivity contribution in [1.82, 2.24) is 0 Å². The van der Waals surface area contributed by atoms with E-state index < -0.39 is 0 Å². The first-order chi connectivity index (χ1) is 8.49. The van der Waals surface area contributed by atoms with Gasteiger partial charge < -0.3 is 10.1 Å². The van der Waals surface area contributed by atoms with E-state index in [9.17, 15) is 0 Å². The molecule has 0 saturated heterocycles. The van der Waals surface area contributed by atoms with Crippen LogP contribution >= 0.6 is 0 Å². The van der Waals surface area contributed by atoms with E-state index >= 15 is 0 Å². The molecule has 0 spiro atoms. The Morgan fingerprint density at radius 1 is 1.33 bits per heavy atom. The largest absolute Gasteiger partial charge is 0.495 e. The molecule has 1 rings (SSSR count). The van der Waals surface area contributed by atoms with Gasteiger partial charge in [0.15, 0.2) is 0 Å². The number of aryl methyl sites for hydroxylation is 2. The van der Waals surface area contributed by atoms with Crippen molar-refractivity contribution >= 4 is 5.69 Å². The van der Waals surface area contributed by atoms with E-state index in [4.69, 9.17) is 10.00 Å². The third-order valence-electron chi connectivity index (χ3n) is 3.13. The van der Waals surface area contributed by atoms with Gasteiger partial charge in [-0.1, -0.05) is 19.9 Å². The first-order valence-electron chi connectivity index (χ1n) is 6.28. The highest BCUT2D eigenvalue weighted by atomic mass is 16.5. The Bertz CT molecular complexity index is 447. The zero-order chi connectivity index (χ0) is 13.7. The second-order valence-corrected chi connectivity index (χ2v) is 5.02. The van der Waals surface area contributed by atoms with Crippen molar-refractivity contribution in [2.24, 2.45) is 11.8 Å². The number of rotatable bonds is 5. The van der Waals surface area contributed by atoms with Crippen LogP contribution in [0.25, 0.3) is 0 Å². The Hall–Kier alpha value is -1.69. The zero-order valence-electron chi connectivity index (χ0n) is 11.9. The molecule has 1 unspecified atom stereocenters. The minimum absolute atomic E-state index is 0.00964. The number of nitrogens with zero attached hydrogens (tertiary/aromatic N) is 1. The van der Waals surface area contributed by atoms with Crippen LogP contribution < -0.4 is 10.1 Å². The van der Waals surface area contributed by atoms with Crippen LogP contribution in [0.2, 0.25) is 0 Å². The number of anilines is 1. The fraction of sp³-hybridized carbons (Fsp3) is 0.533. The van der Waals surface area contributed by atoms with Crippen LogP contribution in [0.3, 0.4) is 0 Å². The molecule has 0 aromatic heterocycles. The number of nitrogens with one attached hydrogen (secondary N) is 1. The van der Waals surface area contributed by atoms with Crippen LogP contribution in [0, 0.1) is 37.0 Å². The molecule has 3 heteroatoms. The van der Waals surface area contributed by atoms with Crippen molar-refractivity contribution in [3.8, 4) is 11.8 Å². The number of benzene rings is 1. The van der Waals surface area contributed by atoms with Gasteiger partial charge in [-0.05, 0) is 37.0 Å². The fourth-order valence-corrected chi connectivity index (χ4v) is 1.96. The Morgan fingerprint density at radius 3 is 2.50 bits per heavy atom. The van der Waals surface area contributed by atoms with E-state index in [0.717, 1.165) is 17.0 Å². The monoisotopic (exact) mass is 246 g/mol. The van der Waals surface area contributed by atoms with Crippen molar-refractivity contribution in [3.05, 3.63) is 23.3 Å². The summed E-state index contributed by atoms with van der Waals surface area (Å²) in [6, 6.07) is 6.46. The molecular formula is C15H22N2O. The number of methoxy groups -OCH3 is 1. The highest BCUT2D eigenvalue weighted by Crippen LogP contribution is 2.30. The van der Waals surface area contributed by atoms with Crippen LogP contribution in [0.15, 0.2) is 12.1 Å². The summed E-state index contributed by atoms with van der Waals surface area (Å²) in [7, 11) is 1.67. The van der Waals surface area contributed by atoms with Gasteiger partial charge >= 0.3 is 0 Å². The van der Waals surface area contributed by atoms with Gasteiger partial charge in [0.1, 0.15) is 5.75 Å². The lowest BCUT2D eigenvalue weighted by Gasteiger charge is -2.18. The van der Waals surface area contributed by atoms with Crippen LogP contribution in [0.5, 0.6) is 5.75 Å². The van der Waals surface area contributed by atoms with Crippen LogP contribution in [0.4, 0.5) is 5.69 Å². The number of ether oxygens (including phenoxy) is 1.